The maximum atomic E-state index is 12.8. The highest BCUT2D eigenvalue weighted by Gasteiger charge is 2.29. The number of allylic oxidation sites excluding steroid dienone is 1. The fourth-order valence-corrected chi connectivity index (χ4v) is 4.41. The number of carbonyl (C=O) groups is 1. The molecule has 32 heavy (non-hydrogen) atoms. The van der Waals surface area contributed by atoms with Crippen LogP contribution in [-0.4, -0.2) is 23.8 Å². The van der Waals surface area contributed by atoms with Gasteiger partial charge in [-0.2, -0.15) is 0 Å². The summed E-state index contributed by atoms with van der Waals surface area (Å²) in [5.74, 6) is 0.159. The second-order valence-electron chi connectivity index (χ2n) is 7.71. The van der Waals surface area contributed by atoms with E-state index in [4.69, 9.17) is 9.47 Å². The molecule has 0 spiro atoms. The Morgan fingerprint density at radius 1 is 1.03 bits per heavy atom. The highest BCUT2D eigenvalue weighted by molar-refractivity contribution is 7.10. The second kappa shape index (κ2) is 11.1. The Labute approximate surface area is 192 Å². The van der Waals surface area contributed by atoms with Gasteiger partial charge in [0.1, 0.15) is 0 Å². The van der Waals surface area contributed by atoms with Crippen LogP contribution in [0.2, 0.25) is 0 Å². The number of amides is 1. The van der Waals surface area contributed by atoms with Gasteiger partial charge in [-0.1, -0.05) is 60.7 Å². The van der Waals surface area contributed by atoms with E-state index in [0.29, 0.717) is 25.3 Å². The standard InChI is InChI=1S/C26H27NO4S/c28-17-20-8-10-21(11-9-20)18-30-25-16-22(24-7-4-14-32-24)15-23(31-25)26(29)27-13-12-19-5-2-1-3-6-19/h1-11,14-15,22,25,28H,12-13,16-18H2,(H,27,29)/t22-,25+/m0/s1. The van der Waals surface area contributed by atoms with E-state index in [9.17, 15) is 9.90 Å². The zero-order chi connectivity index (χ0) is 22.2. The predicted molar refractivity (Wildman–Crippen MR) is 125 cm³/mol. The van der Waals surface area contributed by atoms with Crippen LogP contribution in [-0.2, 0) is 33.9 Å². The van der Waals surface area contributed by atoms with Gasteiger partial charge in [-0.25, -0.2) is 0 Å². The normalized spacial score (nSPS) is 18.0. The van der Waals surface area contributed by atoms with E-state index in [1.807, 2.05) is 72.1 Å². The van der Waals surface area contributed by atoms with Crippen LogP contribution >= 0.6 is 11.3 Å². The Hall–Kier alpha value is -2.93. The number of aliphatic hydroxyl groups excluding tert-OH is 1. The van der Waals surface area contributed by atoms with Crippen molar-refractivity contribution in [2.75, 3.05) is 6.54 Å². The zero-order valence-corrected chi connectivity index (χ0v) is 18.6. The lowest BCUT2D eigenvalue weighted by molar-refractivity contribution is -0.150. The largest absolute Gasteiger partial charge is 0.459 e. The lowest BCUT2D eigenvalue weighted by Gasteiger charge is -2.28. The Morgan fingerprint density at radius 3 is 2.53 bits per heavy atom. The molecule has 5 nitrogen and oxygen atoms in total. The first kappa shape index (κ1) is 22.3. The third-order valence-corrected chi connectivity index (χ3v) is 6.38. The Kier molecular flexibility index (Phi) is 7.72. The molecule has 0 fully saturated rings. The first-order chi connectivity index (χ1) is 15.7. The van der Waals surface area contributed by atoms with Crippen molar-refractivity contribution >= 4 is 17.2 Å². The molecule has 0 bridgehead atoms. The molecule has 1 amide bonds. The maximum absolute atomic E-state index is 12.8. The highest BCUT2D eigenvalue weighted by Crippen LogP contribution is 2.34. The molecule has 1 aliphatic heterocycles. The van der Waals surface area contributed by atoms with Crippen LogP contribution in [0.15, 0.2) is 83.9 Å². The van der Waals surface area contributed by atoms with Crippen LogP contribution in [0.3, 0.4) is 0 Å². The summed E-state index contributed by atoms with van der Waals surface area (Å²) in [7, 11) is 0. The van der Waals surface area contributed by atoms with Crippen LogP contribution < -0.4 is 5.32 Å². The molecule has 2 heterocycles. The molecule has 166 valence electrons. The van der Waals surface area contributed by atoms with E-state index < -0.39 is 6.29 Å². The second-order valence-corrected chi connectivity index (χ2v) is 8.69. The molecule has 0 unspecified atom stereocenters. The Bertz CT molecular complexity index is 1020. The van der Waals surface area contributed by atoms with Crippen molar-refractivity contribution < 1.29 is 19.4 Å². The van der Waals surface area contributed by atoms with Gasteiger partial charge in [-0.3, -0.25) is 4.79 Å². The van der Waals surface area contributed by atoms with Gasteiger partial charge in [-0.15, -0.1) is 11.3 Å². The average molecular weight is 450 g/mol. The molecule has 2 atom stereocenters. The van der Waals surface area contributed by atoms with E-state index in [1.54, 1.807) is 11.3 Å². The zero-order valence-electron chi connectivity index (χ0n) is 17.8. The van der Waals surface area contributed by atoms with E-state index >= 15 is 0 Å². The number of nitrogens with one attached hydrogen (secondary N) is 1. The summed E-state index contributed by atoms with van der Waals surface area (Å²) in [6.45, 7) is 0.926. The monoisotopic (exact) mass is 449 g/mol. The summed E-state index contributed by atoms with van der Waals surface area (Å²) in [6.07, 6.45) is 2.80. The van der Waals surface area contributed by atoms with Gasteiger partial charge in [0.2, 0.25) is 6.29 Å². The van der Waals surface area contributed by atoms with Crippen LogP contribution in [0.4, 0.5) is 0 Å². The minimum Gasteiger partial charge on any atom is -0.459 e. The number of benzene rings is 2. The molecule has 0 saturated carbocycles. The first-order valence-corrected chi connectivity index (χ1v) is 11.6. The lowest BCUT2D eigenvalue weighted by Crippen LogP contribution is -2.33. The van der Waals surface area contributed by atoms with Gasteiger partial charge in [0.15, 0.2) is 5.76 Å². The third-order valence-electron chi connectivity index (χ3n) is 5.37. The third kappa shape index (κ3) is 6.07. The quantitative estimate of drug-likeness (QED) is 0.504. The van der Waals surface area contributed by atoms with Crippen molar-refractivity contribution in [3.63, 3.8) is 0 Å². The number of hydrogen-bond acceptors (Lipinski definition) is 5. The van der Waals surface area contributed by atoms with E-state index in [-0.39, 0.29) is 18.4 Å². The van der Waals surface area contributed by atoms with Crippen molar-refractivity contribution in [2.45, 2.75) is 38.3 Å². The molecule has 0 radical (unpaired) electrons. The first-order valence-electron chi connectivity index (χ1n) is 10.8. The molecule has 0 saturated heterocycles. The highest BCUT2D eigenvalue weighted by atomic mass is 32.1. The number of ether oxygens (including phenoxy) is 2. The lowest BCUT2D eigenvalue weighted by atomic mass is 9.99. The fourth-order valence-electron chi connectivity index (χ4n) is 3.60. The van der Waals surface area contributed by atoms with E-state index in [0.717, 1.165) is 17.5 Å². The predicted octanol–water partition coefficient (Wildman–Crippen LogP) is 4.53. The summed E-state index contributed by atoms with van der Waals surface area (Å²) < 4.78 is 12.0. The number of thiophene rings is 1. The van der Waals surface area contributed by atoms with Crippen molar-refractivity contribution in [2.24, 2.45) is 0 Å². The molecular formula is C26H27NO4S. The van der Waals surface area contributed by atoms with Crippen LogP contribution in [0, 0.1) is 0 Å². The van der Waals surface area contributed by atoms with Gasteiger partial charge >= 0.3 is 0 Å². The Balaban J connectivity index is 1.38. The van der Waals surface area contributed by atoms with Crippen molar-refractivity contribution in [1.29, 1.82) is 0 Å². The van der Waals surface area contributed by atoms with Crippen LogP contribution in [0.5, 0.6) is 0 Å². The van der Waals surface area contributed by atoms with Gasteiger partial charge in [-0.05, 0) is 40.6 Å². The smallest absolute Gasteiger partial charge is 0.286 e. The molecule has 4 rings (SSSR count). The van der Waals surface area contributed by atoms with Crippen molar-refractivity contribution in [3.05, 3.63) is 106 Å². The van der Waals surface area contributed by atoms with Gasteiger partial charge in [0, 0.05) is 23.8 Å². The van der Waals surface area contributed by atoms with Crippen molar-refractivity contribution in [1.82, 2.24) is 5.32 Å². The Morgan fingerprint density at radius 2 is 1.81 bits per heavy atom. The summed E-state index contributed by atoms with van der Waals surface area (Å²) in [5.41, 5.74) is 3.02. The summed E-state index contributed by atoms with van der Waals surface area (Å²) in [6, 6.07) is 21.8. The van der Waals surface area contributed by atoms with Crippen LogP contribution in [0.25, 0.3) is 0 Å². The van der Waals surface area contributed by atoms with E-state index in [1.165, 1.54) is 10.4 Å². The van der Waals surface area contributed by atoms with Gasteiger partial charge in [0.25, 0.3) is 5.91 Å². The molecule has 6 heteroatoms. The fraction of sp³-hybridized carbons (Fsp3) is 0.269. The summed E-state index contributed by atoms with van der Waals surface area (Å²) in [4.78, 5) is 14.0. The molecule has 0 aliphatic carbocycles. The van der Waals surface area contributed by atoms with Crippen molar-refractivity contribution in [3.8, 4) is 0 Å². The molecule has 2 aromatic carbocycles. The summed E-state index contributed by atoms with van der Waals surface area (Å²) >= 11 is 1.67. The molecule has 1 aromatic heterocycles. The van der Waals surface area contributed by atoms with E-state index in [2.05, 4.69) is 11.4 Å². The number of aliphatic hydroxyl groups is 1. The maximum Gasteiger partial charge on any atom is 0.286 e. The SMILES string of the molecule is O=C(NCCc1ccccc1)C1=C[C@H](c2cccs2)C[C@H](OCc2ccc(CO)cc2)O1. The minimum atomic E-state index is -0.514. The van der Waals surface area contributed by atoms with Crippen LogP contribution in [0.1, 0.15) is 33.9 Å². The molecular weight excluding hydrogens is 422 g/mol. The summed E-state index contributed by atoms with van der Waals surface area (Å²) in [5, 5.41) is 14.2. The number of carbonyl (C=O) groups excluding carboxylic acids is 1. The van der Waals surface area contributed by atoms with Gasteiger partial charge in [0.05, 0.1) is 13.2 Å². The average Bonchev–Trinajstić information content (AvgIpc) is 3.39. The number of hydrogen-bond donors (Lipinski definition) is 2. The molecule has 3 aromatic rings. The minimum absolute atomic E-state index is 0.0168. The number of rotatable bonds is 9. The van der Waals surface area contributed by atoms with Gasteiger partial charge < -0.3 is 19.9 Å². The molecule has 1 aliphatic rings. The molecule has 2 N–H and O–H groups in total. The topological polar surface area (TPSA) is 67.8 Å².